The molecule has 1 aromatic carbocycles. The number of carbonyl (C=O) groups is 1. The average molecular weight is 263 g/mol. The van der Waals surface area contributed by atoms with Gasteiger partial charge in [0.2, 0.25) is 0 Å². The summed E-state index contributed by atoms with van der Waals surface area (Å²) in [6.45, 7) is 6.56. The van der Waals surface area contributed by atoms with Crippen molar-refractivity contribution in [2.24, 2.45) is 0 Å². The molecule has 19 heavy (non-hydrogen) atoms. The van der Waals surface area contributed by atoms with Crippen LogP contribution in [-0.4, -0.2) is 55.5 Å². The molecule has 5 heteroatoms. The van der Waals surface area contributed by atoms with Gasteiger partial charge < -0.3 is 20.3 Å². The molecule has 1 fully saturated rings. The maximum atomic E-state index is 12.5. The summed E-state index contributed by atoms with van der Waals surface area (Å²) in [6, 6.07) is 5.16. The Kier molecular flexibility index (Phi) is 4.27. The molecule has 0 saturated carbocycles. The van der Waals surface area contributed by atoms with Crippen molar-refractivity contribution < 1.29 is 9.53 Å². The Labute approximate surface area is 113 Å². The molecule has 1 amide bonds. The van der Waals surface area contributed by atoms with E-state index in [-0.39, 0.29) is 5.91 Å². The Morgan fingerprint density at radius 1 is 1.32 bits per heavy atom. The predicted octanol–water partition coefficient (Wildman–Crippen LogP) is 1.06. The monoisotopic (exact) mass is 263 g/mol. The number of nitrogens with zero attached hydrogens (tertiary/aromatic N) is 2. The van der Waals surface area contributed by atoms with Crippen LogP contribution in [0, 0.1) is 0 Å². The van der Waals surface area contributed by atoms with E-state index in [1.54, 1.807) is 25.3 Å². The highest BCUT2D eigenvalue weighted by Crippen LogP contribution is 2.23. The fourth-order valence-corrected chi connectivity index (χ4v) is 2.32. The van der Waals surface area contributed by atoms with E-state index < -0.39 is 0 Å². The molecule has 1 aliphatic rings. The lowest BCUT2D eigenvalue weighted by Crippen LogP contribution is -2.48. The highest BCUT2D eigenvalue weighted by molar-refractivity contribution is 5.97. The Morgan fingerprint density at radius 2 is 2.00 bits per heavy atom. The molecule has 0 radical (unpaired) electrons. The number of amides is 1. The minimum atomic E-state index is 0.0209. The van der Waals surface area contributed by atoms with Crippen molar-refractivity contribution in [3.63, 3.8) is 0 Å². The second kappa shape index (κ2) is 5.93. The van der Waals surface area contributed by atoms with Gasteiger partial charge >= 0.3 is 0 Å². The summed E-state index contributed by atoms with van der Waals surface area (Å²) in [5.74, 6) is 0.565. The SMILES string of the molecule is CCN1CCN(C(=O)c2ccc(N)cc2OC)CC1. The van der Waals surface area contributed by atoms with Crippen LogP contribution in [0.5, 0.6) is 5.75 Å². The van der Waals surface area contributed by atoms with Crippen LogP contribution in [0.2, 0.25) is 0 Å². The number of rotatable bonds is 3. The molecular formula is C14H21N3O2. The molecular weight excluding hydrogens is 242 g/mol. The molecule has 0 aromatic heterocycles. The molecule has 0 bridgehead atoms. The second-order valence-corrected chi connectivity index (χ2v) is 4.69. The fourth-order valence-electron chi connectivity index (χ4n) is 2.32. The van der Waals surface area contributed by atoms with Gasteiger partial charge in [-0.15, -0.1) is 0 Å². The summed E-state index contributed by atoms with van der Waals surface area (Å²) in [5.41, 5.74) is 6.89. The first kappa shape index (κ1) is 13.7. The van der Waals surface area contributed by atoms with Crippen LogP contribution >= 0.6 is 0 Å². The van der Waals surface area contributed by atoms with E-state index in [1.807, 2.05) is 4.90 Å². The van der Waals surface area contributed by atoms with Crippen molar-refractivity contribution in [3.05, 3.63) is 23.8 Å². The molecule has 104 valence electrons. The highest BCUT2D eigenvalue weighted by atomic mass is 16.5. The number of ether oxygens (including phenoxy) is 1. The van der Waals surface area contributed by atoms with Gasteiger partial charge in [0.25, 0.3) is 5.91 Å². The minimum absolute atomic E-state index is 0.0209. The largest absolute Gasteiger partial charge is 0.496 e. The van der Waals surface area contributed by atoms with Crippen LogP contribution in [-0.2, 0) is 0 Å². The molecule has 1 saturated heterocycles. The first-order valence-electron chi connectivity index (χ1n) is 6.61. The Morgan fingerprint density at radius 3 is 2.58 bits per heavy atom. The number of benzene rings is 1. The third-order valence-electron chi connectivity index (χ3n) is 3.56. The van der Waals surface area contributed by atoms with E-state index in [9.17, 15) is 4.79 Å². The second-order valence-electron chi connectivity index (χ2n) is 4.69. The number of likely N-dealkylation sites (N-methyl/N-ethyl adjacent to an activating group) is 1. The van der Waals surface area contributed by atoms with Crippen molar-refractivity contribution >= 4 is 11.6 Å². The summed E-state index contributed by atoms with van der Waals surface area (Å²) < 4.78 is 5.24. The molecule has 1 aliphatic heterocycles. The quantitative estimate of drug-likeness (QED) is 0.828. The number of anilines is 1. The van der Waals surface area contributed by atoms with E-state index in [2.05, 4.69) is 11.8 Å². The molecule has 1 aromatic rings. The van der Waals surface area contributed by atoms with Crippen LogP contribution in [0.3, 0.4) is 0 Å². The normalized spacial score (nSPS) is 16.4. The van der Waals surface area contributed by atoms with E-state index in [0.717, 1.165) is 32.7 Å². The van der Waals surface area contributed by atoms with Crippen LogP contribution < -0.4 is 10.5 Å². The zero-order chi connectivity index (χ0) is 13.8. The Hall–Kier alpha value is -1.75. The third-order valence-corrected chi connectivity index (χ3v) is 3.56. The Bertz CT molecular complexity index is 454. The van der Waals surface area contributed by atoms with Crippen molar-refractivity contribution in [2.45, 2.75) is 6.92 Å². The third kappa shape index (κ3) is 2.98. The fraction of sp³-hybridized carbons (Fsp3) is 0.500. The van der Waals surface area contributed by atoms with E-state index in [0.29, 0.717) is 17.0 Å². The molecule has 2 N–H and O–H groups in total. The highest BCUT2D eigenvalue weighted by Gasteiger charge is 2.23. The Balaban J connectivity index is 2.12. The molecule has 1 heterocycles. The number of piperazine rings is 1. The van der Waals surface area contributed by atoms with Gasteiger partial charge in [-0.05, 0) is 18.7 Å². The number of carbonyl (C=O) groups excluding carboxylic acids is 1. The van der Waals surface area contributed by atoms with Crippen LogP contribution in [0.4, 0.5) is 5.69 Å². The van der Waals surface area contributed by atoms with E-state index >= 15 is 0 Å². The standard InChI is InChI=1S/C14H21N3O2/c1-3-16-6-8-17(9-7-16)14(18)12-5-4-11(15)10-13(12)19-2/h4-5,10H,3,6-9,15H2,1-2H3. The van der Waals surface area contributed by atoms with Gasteiger partial charge in [-0.2, -0.15) is 0 Å². The van der Waals surface area contributed by atoms with Crippen molar-refractivity contribution in [1.29, 1.82) is 0 Å². The van der Waals surface area contributed by atoms with Crippen LogP contribution in [0.25, 0.3) is 0 Å². The lowest BCUT2D eigenvalue weighted by atomic mass is 10.1. The van der Waals surface area contributed by atoms with Crippen LogP contribution in [0.15, 0.2) is 18.2 Å². The molecule has 0 atom stereocenters. The smallest absolute Gasteiger partial charge is 0.257 e. The minimum Gasteiger partial charge on any atom is -0.496 e. The number of hydrogen-bond acceptors (Lipinski definition) is 4. The van der Waals surface area contributed by atoms with Gasteiger partial charge in [-0.1, -0.05) is 6.92 Å². The van der Waals surface area contributed by atoms with Gasteiger partial charge in [0.05, 0.1) is 12.7 Å². The topological polar surface area (TPSA) is 58.8 Å². The first-order valence-corrected chi connectivity index (χ1v) is 6.61. The summed E-state index contributed by atoms with van der Waals surface area (Å²) in [5, 5.41) is 0. The average Bonchev–Trinajstić information content (AvgIpc) is 2.46. The van der Waals surface area contributed by atoms with Gasteiger partial charge in [0.15, 0.2) is 0 Å². The lowest BCUT2D eigenvalue weighted by Gasteiger charge is -2.34. The van der Waals surface area contributed by atoms with E-state index in [4.69, 9.17) is 10.5 Å². The zero-order valence-electron chi connectivity index (χ0n) is 11.6. The lowest BCUT2D eigenvalue weighted by molar-refractivity contribution is 0.0640. The van der Waals surface area contributed by atoms with Gasteiger partial charge in [0.1, 0.15) is 5.75 Å². The maximum absolute atomic E-state index is 12.5. The summed E-state index contributed by atoms with van der Waals surface area (Å²) >= 11 is 0. The van der Waals surface area contributed by atoms with Crippen molar-refractivity contribution in [3.8, 4) is 5.75 Å². The molecule has 0 spiro atoms. The molecule has 0 unspecified atom stereocenters. The summed E-state index contributed by atoms with van der Waals surface area (Å²) in [6.07, 6.45) is 0. The molecule has 2 rings (SSSR count). The number of nitrogens with two attached hydrogens (primary N) is 1. The predicted molar refractivity (Wildman–Crippen MR) is 75.4 cm³/mol. The number of methoxy groups -OCH3 is 1. The molecule has 0 aliphatic carbocycles. The van der Waals surface area contributed by atoms with Crippen molar-refractivity contribution in [2.75, 3.05) is 45.6 Å². The van der Waals surface area contributed by atoms with Crippen LogP contribution in [0.1, 0.15) is 17.3 Å². The first-order chi connectivity index (χ1) is 9.15. The maximum Gasteiger partial charge on any atom is 0.257 e. The summed E-state index contributed by atoms with van der Waals surface area (Å²) in [4.78, 5) is 16.7. The van der Waals surface area contributed by atoms with Gasteiger partial charge in [-0.25, -0.2) is 0 Å². The van der Waals surface area contributed by atoms with Gasteiger partial charge in [-0.3, -0.25) is 4.79 Å². The zero-order valence-corrected chi connectivity index (χ0v) is 11.6. The van der Waals surface area contributed by atoms with E-state index in [1.165, 1.54) is 0 Å². The number of nitrogen functional groups attached to an aromatic ring is 1. The molecule has 5 nitrogen and oxygen atoms in total. The van der Waals surface area contributed by atoms with Gasteiger partial charge in [0, 0.05) is 37.9 Å². The van der Waals surface area contributed by atoms with Crippen molar-refractivity contribution in [1.82, 2.24) is 9.80 Å². The number of hydrogen-bond donors (Lipinski definition) is 1. The summed E-state index contributed by atoms with van der Waals surface area (Å²) in [7, 11) is 1.56.